The van der Waals surface area contributed by atoms with Crippen molar-refractivity contribution in [1.29, 1.82) is 0 Å². The minimum Gasteiger partial charge on any atom is -0.478 e. The van der Waals surface area contributed by atoms with E-state index in [1.54, 1.807) is 29.5 Å². The summed E-state index contributed by atoms with van der Waals surface area (Å²) in [5.74, 6) is -0.945. The van der Waals surface area contributed by atoms with Crippen LogP contribution < -0.4 is 5.32 Å². The molecule has 3 rings (SSSR count). The number of hydrogen-bond acceptors (Lipinski definition) is 6. The summed E-state index contributed by atoms with van der Waals surface area (Å²) in [6, 6.07) is 6.67. The lowest BCUT2D eigenvalue weighted by atomic mass is 10.2. The number of nitrogens with one attached hydrogen (secondary N) is 1. The third-order valence-corrected chi connectivity index (χ3v) is 4.85. The Kier molecular flexibility index (Phi) is 3.91. The number of aromatic carboxylic acids is 1. The van der Waals surface area contributed by atoms with Gasteiger partial charge in [0.1, 0.15) is 0 Å². The van der Waals surface area contributed by atoms with Gasteiger partial charge in [-0.05, 0) is 32.0 Å². The van der Waals surface area contributed by atoms with Gasteiger partial charge in [0.05, 0.1) is 26.8 Å². The van der Waals surface area contributed by atoms with Gasteiger partial charge in [0.2, 0.25) is 0 Å². The number of benzene rings is 1. The summed E-state index contributed by atoms with van der Waals surface area (Å²) in [7, 11) is 0. The molecule has 2 aromatic heterocycles. The molecule has 0 aliphatic rings. The minimum atomic E-state index is -0.945. The van der Waals surface area contributed by atoms with E-state index in [0.717, 1.165) is 26.4 Å². The van der Waals surface area contributed by atoms with E-state index in [-0.39, 0.29) is 5.56 Å². The van der Waals surface area contributed by atoms with Gasteiger partial charge in [-0.25, -0.2) is 14.8 Å². The number of aromatic nitrogens is 2. The molecule has 0 saturated carbocycles. The van der Waals surface area contributed by atoms with Gasteiger partial charge in [0.15, 0.2) is 5.13 Å². The van der Waals surface area contributed by atoms with Crippen molar-refractivity contribution in [2.75, 3.05) is 5.32 Å². The summed E-state index contributed by atoms with van der Waals surface area (Å²) in [4.78, 5) is 21.0. The van der Waals surface area contributed by atoms with E-state index in [1.807, 2.05) is 25.3 Å². The molecular formula is C15H13N3O2S2. The monoisotopic (exact) mass is 331 g/mol. The lowest BCUT2D eigenvalue weighted by molar-refractivity contribution is 0.0697. The lowest BCUT2D eigenvalue weighted by Crippen LogP contribution is -1.97. The van der Waals surface area contributed by atoms with E-state index >= 15 is 0 Å². The molecule has 22 heavy (non-hydrogen) atoms. The highest BCUT2D eigenvalue weighted by molar-refractivity contribution is 7.16. The Balaban J connectivity index is 1.84. The van der Waals surface area contributed by atoms with Gasteiger partial charge in [-0.2, -0.15) is 0 Å². The zero-order valence-corrected chi connectivity index (χ0v) is 13.6. The van der Waals surface area contributed by atoms with Crippen molar-refractivity contribution in [3.63, 3.8) is 0 Å². The van der Waals surface area contributed by atoms with E-state index in [4.69, 9.17) is 5.11 Å². The molecule has 0 aliphatic carbocycles. The molecular weight excluding hydrogens is 318 g/mol. The minimum absolute atomic E-state index is 0.246. The summed E-state index contributed by atoms with van der Waals surface area (Å²) in [6.07, 6.45) is 0. The number of hydrogen-bond donors (Lipinski definition) is 2. The summed E-state index contributed by atoms with van der Waals surface area (Å²) < 4.78 is 0. The summed E-state index contributed by atoms with van der Waals surface area (Å²) in [5, 5.41) is 15.9. The Morgan fingerprint density at radius 3 is 2.77 bits per heavy atom. The van der Waals surface area contributed by atoms with Crippen molar-refractivity contribution in [3.8, 4) is 10.6 Å². The van der Waals surface area contributed by atoms with Crippen LogP contribution in [0.5, 0.6) is 0 Å². The first kappa shape index (κ1) is 14.7. The Morgan fingerprint density at radius 2 is 2.09 bits per heavy atom. The Hall–Kier alpha value is -2.25. The normalized spacial score (nSPS) is 10.6. The summed E-state index contributed by atoms with van der Waals surface area (Å²) in [5.41, 5.74) is 2.82. The topological polar surface area (TPSA) is 75.1 Å². The second kappa shape index (κ2) is 5.86. The lowest BCUT2D eigenvalue weighted by Gasteiger charge is -2.03. The van der Waals surface area contributed by atoms with Crippen LogP contribution in [0.4, 0.5) is 10.8 Å². The molecule has 0 atom stereocenters. The molecule has 2 heterocycles. The van der Waals surface area contributed by atoms with Gasteiger partial charge < -0.3 is 10.4 Å². The van der Waals surface area contributed by atoms with E-state index in [9.17, 15) is 4.79 Å². The van der Waals surface area contributed by atoms with E-state index in [2.05, 4.69) is 15.3 Å². The number of nitrogens with zero attached hydrogens (tertiary/aromatic N) is 2. The van der Waals surface area contributed by atoms with Gasteiger partial charge in [0, 0.05) is 11.1 Å². The molecule has 5 nitrogen and oxygen atoms in total. The molecule has 0 fully saturated rings. The molecule has 3 aromatic rings. The standard InChI is InChI=1S/C15H13N3O2S2/c1-8-13(22-9(2)16-8)12-7-21-15(18-12)17-11-5-3-4-10(6-11)14(19)20/h3-7H,1-2H3,(H,17,18)(H,19,20). The summed E-state index contributed by atoms with van der Waals surface area (Å²) >= 11 is 3.10. The number of carboxylic acid groups (broad SMARTS) is 1. The second-order valence-corrected chi connectivity index (χ2v) is 6.76. The molecule has 2 N–H and O–H groups in total. The van der Waals surface area contributed by atoms with E-state index in [1.165, 1.54) is 11.3 Å². The van der Waals surface area contributed by atoms with Gasteiger partial charge in [-0.15, -0.1) is 22.7 Å². The van der Waals surface area contributed by atoms with E-state index in [0.29, 0.717) is 5.69 Å². The number of anilines is 2. The van der Waals surface area contributed by atoms with Gasteiger partial charge in [-0.3, -0.25) is 0 Å². The number of thiazole rings is 2. The number of carboxylic acids is 1. The van der Waals surface area contributed by atoms with Crippen molar-refractivity contribution >= 4 is 39.5 Å². The van der Waals surface area contributed by atoms with Crippen LogP contribution >= 0.6 is 22.7 Å². The van der Waals surface area contributed by atoms with Crippen LogP contribution in [0.25, 0.3) is 10.6 Å². The van der Waals surface area contributed by atoms with Crippen molar-refractivity contribution < 1.29 is 9.90 Å². The molecule has 0 unspecified atom stereocenters. The molecule has 7 heteroatoms. The first-order valence-corrected chi connectivity index (χ1v) is 8.23. The molecule has 0 saturated heterocycles. The second-order valence-electron chi connectivity index (χ2n) is 4.70. The van der Waals surface area contributed by atoms with Crippen LogP contribution in [0.3, 0.4) is 0 Å². The first-order valence-electron chi connectivity index (χ1n) is 6.53. The summed E-state index contributed by atoms with van der Waals surface area (Å²) in [6.45, 7) is 3.95. The molecule has 1 aromatic carbocycles. The smallest absolute Gasteiger partial charge is 0.335 e. The third kappa shape index (κ3) is 3.00. The zero-order valence-electron chi connectivity index (χ0n) is 12.0. The van der Waals surface area contributed by atoms with Crippen LogP contribution in [-0.4, -0.2) is 21.0 Å². The quantitative estimate of drug-likeness (QED) is 0.744. The zero-order chi connectivity index (χ0) is 15.7. The average molecular weight is 331 g/mol. The Morgan fingerprint density at radius 1 is 1.27 bits per heavy atom. The molecule has 0 bridgehead atoms. The average Bonchev–Trinajstić information content (AvgIpc) is 3.05. The fourth-order valence-electron chi connectivity index (χ4n) is 2.06. The molecule has 112 valence electrons. The van der Waals surface area contributed by atoms with Crippen LogP contribution in [-0.2, 0) is 0 Å². The SMILES string of the molecule is Cc1nc(C)c(-c2csc(Nc3cccc(C(=O)O)c3)n2)s1. The maximum absolute atomic E-state index is 11.0. The fraction of sp³-hybridized carbons (Fsp3) is 0.133. The molecule has 0 spiro atoms. The molecule has 0 aliphatic heterocycles. The van der Waals surface area contributed by atoms with Crippen LogP contribution in [0, 0.1) is 13.8 Å². The van der Waals surface area contributed by atoms with Crippen LogP contribution in [0.1, 0.15) is 21.1 Å². The first-order chi connectivity index (χ1) is 10.5. The maximum Gasteiger partial charge on any atom is 0.335 e. The van der Waals surface area contributed by atoms with Crippen molar-refractivity contribution in [3.05, 3.63) is 45.9 Å². The van der Waals surface area contributed by atoms with Gasteiger partial charge in [-0.1, -0.05) is 6.07 Å². The van der Waals surface area contributed by atoms with E-state index < -0.39 is 5.97 Å². The van der Waals surface area contributed by atoms with Gasteiger partial charge in [0.25, 0.3) is 0 Å². The Labute approximate surface area is 135 Å². The van der Waals surface area contributed by atoms with Crippen molar-refractivity contribution in [2.45, 2.75) is 13.8 Å². The highest BCUT2D eigenvalue weighted by atomic mass is 32.1. The van der Waals surface area contributed by atoms with Crippen LogP contribution in [0.2, 0.25) is 0 Å². The number of rotatable bonds is 4. The molecule has 0 radical (unpaired) electrons. The third-order valence-electron chi connectivity index (χ3n) is 3.00. The predicted octanol–water partition coefficient (Wildman–Crippen LogP) is 4.33. The number of aryl methyl sites for hydroxylation is 2. The molecule has 0 amide bonds. The Bertz CT molecular complexity index is 839. The maximum atomic E-state index is 11.0. The highest BCUT2D eigenvalue weighted by Crippen LogP contribution is 2.33. The van der Waals surface area contributed by atoms with Crippen molar-refractivity contribution in [2.24, 2.45) is 0 Å². The number of carbonyl (C=O) groups is 1. The largest absolute Gasteiger partial charge is 0.478 e. The fourth-order valence-corrected chi connectivity index (χ4v) is 3.73. The predicted molar refractivity (Wildman–Crippen MR) is 89.4 cm³/mol. The van der Waals surface area contributed by atoms with Gasteiger partial charge >= 0.3 is 5.97 Å². The van der Waals surface area contributed by atoms with Crippen molar-refractivity contribution in [1.82, 2.24) is 9.97 Å². The van der Waals surface area contributed by atoms with Crippen LogP contribution in [0.15, 0.2) is 29.6 Å². The highest BCUT2D eigenvalue weighted by Gasteiger charge is 2.12.